The Balaban J connectivity index is 1.91. The molecule has 3 rings (SSSR count). The molecule has 2 aromatic rings. The zero-order valence-electron chi connectivity index (χ0n) is 16.0. The molecule has 1 atom stereocenters. The van der Waals surface area contributed by atoms with Crippen molar-refractivity contribution in [2.24, 2.45) is 5.92 Å². The Morgan fingerprint density at radius 3 is 2.71 bits per heavy atom. The second kappa shape index (κ2) is 7.41. The number of nitrogens with zero attached hydrogens (tertiary/aromatic N) is 1. The minimum Gasteiger partial charge on any atom is -0.497 e. The first-order valence-corrected chi connectivity index (χ1v) is 9.00. The Morgan fingerprint density at radius 2 is 2.11 bits per heavy atom. The van der Waals surface area contributed by atoms with Gasteiger partial charge in [0, 0.05) is 23.5 Å². The topological polar surface area (TPSA) is 122 Å². The molecule has 1 aliphatic heterocycles. The fourth-order valence-electron chi connectivity index (χ4n) is 3.24. The second-order valence-corrected chi connectivity index (χ2v) is 7.40. The van der Waals surface area contributed by atoms with Gasteiger partial charge in [0.05, 0.1) is 20.1 Å². The normalized spacial score (nSPS) is 19.0. The second-order valence-electron chi connectivity index (χ2n) is 7.40. The van der Waals surface area contributed by atoms with E-state index in [1.54, 1.807) is 24.4 Å². The van der Waals surface area contributed by atoms with Gasteiger partial charge in [0.2, 0.25) is 5.91 Å². The van der Waals surface area contributed by atoms with Gasteiger partial charge < -0.3 is 25.0 Å². The lowest BCUT2D eigenvalue weighted by Crippen LogP contribution is -2.53. The maximum Gasteiger partial charge on any atom is 0.322 e. The molecule has 1 aromatic heterocycles. The number of carbonyl (C=O) groups is 3. The summed E-state index contributed by atoms with van der Waals surface area (Å²) in [6.07, 6.45) is 1.42. The SMILES string of the molecule is COc1ccc2cn(CC3(CC(=O)NCC(C)C)NC(=O)NC3=O)c(O)c2c1. The third-order valence-electron chi connectivity index (χ3n) is 4.69. The van der Waals surface area contributed by atoms with Crippen LogP contribution in [0.2, 0.25) is 0 Å². The van der Waals surface area contributed by atoms with Crippen LogP contribution in [0.1, 0.15) is 20.3 Å². The third-order valence-corrected chi connectivity index (χ3v) is 4.69. The summed E-state index contributed by atoms with van der Waals surface area (Å²) in [5.41, 5.74) is -1.49. The van der Waals surface area contributed by atoms with E-state index < -0.39 is 17.5 Å². The van der Waals surface area contributed by atoms with Crippen LogP contribution in [0.3, 0.4) is 0 Å². The number of hydrogen-bond donors (Lipinski definition) is 4. The number of amides is 4. The number of hydrogen-bond acceptors (Lipinski definition) is 5. The molecule has 28 heavy (non-hydrogen) atoms. The molecule has 4 amide bonds. The van der Waals surface area contributed by atoms with Gasteiger partial charge in [-0.2, -0.15) is 0 Å². The Hall–Kier alpha value is -3.23. The number of urea groups is 1. The fourth-order valence-corrected chi connectivity index (χ4v) is 3.24. The first-order valence-electron chi connectivity index (χ1n) is 9.00. The summed E-state index contributed by atoms with van der Waals surface area (Å²) in [5, 5.41) is 19.4. The van der Waals surface area contributed by atoms with E-state index in [4.69, 9.17) is 4.74 Å². The summed E-state index contributed by atoms with van der Waals surface area (Å²) in [4.78, 5) is 36.7. The zero-order valence-corrected chi connectivity index (χ0v) is 16.0. The van der Waals surface area contributed by atoms with Crippen LogP contribution in [0.15, 0.2) is 24.4 Å². The molecule has 0 spiro atoms. The molecular weight excluding hydrogens is 364 g/mol. The molecule has 0 bridgehead atoms. The molecule has 9 nitrogen and oxygen atoms in total. The van der Waals surface area contributed by atoms with Crippen molar-refractivity contribution in [2.45, 2.75) is 32.4 Å². The van der Waals surface area contributed by atoms with Crippen LogP contribution >= 0.6 is 0 Å². The summed E-state index contributed by atoms with van der Waals surface area (Å²) in [7, 11) is 1.53. The molecule has 1 fully saturated rings. The average molecular weight is 388 g/mol. The number of rotatable bonds is 7. The van der Waals surface area contributed by atoms with E-state index in [0.717, 1.165) is 5.39 Å². The van der Waals surface area contributed by atoms with Crippen molar-refractivity contribution in [1.29, 1.82) is 0 Å². The largest absolute Gasteiger partial charge is 0.497 e. The van der Waals surface area contributed by atoms with Gasteiger partial charge >= 0.3 is 6.03 Å². The predicted molar refractivity (Wildman–Crippen MR) is 102 cm³/mol. The molecule has 0 aliphatic carbocycles. The number of fused-ring (bicyclic) bond motifs is 1. The number of nitrogens with one attached hydrogen (secondary N) is 3. The van der Waals surface area contributed by atoms with Crippen LogP contribution in [0.4, 0.5) is 4.79 Å². The molecule has 4 N–H and O–H groups in total. The minimum atomic E-state index is -1.49. The summed E-state index contributed by atoms with van der Waals surface area (Å²) >= 11 is 0. The highest BCUT2D eigenvalue weighted by Crippen LogP contribution is 2.32. The molecule has 1 saturated heterocycles. The number of aromatic hydroxyl groups is 1. The Kier molecular flexibility index (Phi) is 5.17. The van der Waals surface area contributed by atoms with Crippen LogP contribution in [-0.4, -0.2) is 46.7 Å². The van der Waals surface area contributed by atoms with E-state index in [2.05, 4.69) is 16.0 Å². The lowest BCUT2D eigenvalue weighted by atomic mass is 9.94. The van der Waals surface area contributed by atoms with E-state index in [-0.39, 0.29) is 30.7 Å². The Labute approximate surface area is 162 Å². The molecule has 1 aliphatic rings. The number of imide groups is 1. The zero-order chi connectivity index (χ0) is 20.5. The van der Waals surface area contributed by atoms with E-state index in [0.29, 0.717) is 17.7 Å². The molecule has 1 unspecified atom stereocenters. The van der Waals surface area contributed by atoms with Crippen molar-refractivity contribution >= 4 is 28.6 Å². The average Bonchev–Trinajstić information content (AvgIpc) is 3.09. The van der Waals surface area contributed by atoms with Crippen LogP contribution in [-0.2, 0) is 16.1 Å². The quantitative estimate of drug-likeness (QED) is 0.529. The van der Waals surface area contributed by atoms with Crippen molar-refractivity contribution in [3.05, 3.63) is 24.4 Å². The van der Waals surface area contributed by atoms with Crippen LogP contribution in [0, 0.1) is 5.92 Å². The van der Waals surface area contributed by atoms with Crippen molar-refractivity contribution in [1.82, 2.24) is 20.5 Å². The lowest BCUT2D eigenvalue weighted by Gasteiger charge is -2.26. The van der Waals surface area contributed by atoms with E-state index >= 15 is 0 Å². The predicted octanol–water partition coefficient (Wildman–Crippen LogP) is 1.10. The van der Waals surface area contributed by atoms with Crippen molar-refractivity contribution in [2.75, 3.05) is 13.7 Å². The standard InChI is InChI=1S/C19H24N4O5/c1-11(2)8-20-15(24)7-19(17(26)21-18(27)22-19)10-23-9-12-4-5-13(28-3)6-14(12)16(23)25/h4-6,9,11,25H,7-8,10H2,1-3H3,(H,20,24)(H2,21,22,26,27). The smallest absolute Gasteiger partial charge is 0.322 e. The first kappa shape index (κ1) is 19.5. The molecule has 0 radical (unpaired) electrons. The van der Waals surface area contributed by atoms with Crippen molar-refractivity contribution in [3.63, 3.8) is 0 Å². The van der Waals surface area contributed by atoms with Gasteiger partial charge in [-0.15, -0.1) is 0 Å². The summed E-state index contributed by atoms with van der Waals surface area (Å²) < 4.78 is 6.62. The molecule has 150 valence electrons. The summed E-state index contributed by atoms with van der Waals surface area (Å²) in [6.45, 7) is 4.28. The summed E-state index contributed by atoms with van der Waals surface area (Å²) in [6, 6.07) is 4.54. The van der Waals surface area contributed by atoms with Crippen molar-refractivity contribution < 1.29 is 24.2 Å². The number of carbonyl (C=O) groups excluding carboxylic acids is 3. The molecule has 9 heteroatoms. The molecule has 0 saturated carbocycles. The highest BCUT2D eigenvalue weighted by molar-refractivity contribution is 6.08. The lowest BCUT2D eigenvalue weighted by molar-refractivity contribution is -0.130. The minimum absolute atomic E-state index is 0.0789. The highest BCUT2D eigenvalue weighted by atomic mass is 16.5. The number of aromatic nitrogens is 1. The van der Waals surface area contributed by atoms with E-state index in [1.165, 1.54) is 11.7 Å². The van der Waals surface area contributed by atoms with E-state index in [1.807, 2.05) is 13.8 Å². The van der Waals surface area contributed by atoms with Gasteiger partial charge in [-0.1, -0.05) is 13.8 Å². The third kappa shape index (κ3) is 3.73. The number of ether oxygens (including phenoxy) is 1. The molecule has 1 aromatic carbocycles. The maximum absolute atomic E-state index is 12.5. The van der Waals surface area contributed by atoms with Gasteiger partial charge in [-0.05, 0) is 24.1 Å². The fraction of sp³-hybridized carbons (Fsp3) is 0.421. The van der Waals surface area contributed by atoms with Gasteiger partial charge in [-0.3, -0.25) is 14.9 Å². The Morgan fingerprint density at radius 1 is 1.36 bits per heavy atom. The summed E-state index contributed by atoms with van der Waals surface area (Å²) in [5.74, 6) is -0.212. The van der Waals surface area contributed by atoms with Crippen LogP contribution < -0.4 is 20.7 Å². The number of methoxy groups -OCH3 is 1. The Bertz CT molecular complexity index is 936. The van der Waals surface area contributed by atoms with Gasteiger partial charge in [0.15, 0.2) is 5.88 Å². The first-order chi connectivity index (χ1) is 13.2. The highest BCUT2D eigenvalue weighted by Gasteiger charge is 2.48. The maximum atomic E-state index is 12.5. The monoisotopic (exact) mass is 388 g/mol. The van der Waals surface area contributed by atoms with Crippen LogP contribution in [0.5, 0.6) is 11.6 Å². The van der Waals surface area contributed by atoms with E-state index in [9.17, 15) is 19.5 Å². The van der Waals surface area contributed by atoms with Crippen LogP contribution in [0.25, 0.3) is 10.8 Å². The van der Waals surface area contributed by atoms with Gasteiger partial charge in [0.25, 0.3) is 5.91 Å². The van der Waals surface area contributed by atoms with Crippen molar-refractivity contribution in [3.8, 4) is 11.6 Å². The van der Waals surface area contributed by atoms with Gasteiger partial charge in [0.1, 0.15) is 11.3 Å². The van der Waals surface area contributed by atoms with Gasteiger partial charge in [-0.25, -0.2) is 4.79 Å². The number of benzene rings is 1. The molecule has 2 heterocycles. The molecular formula is C19H24N4O5.